The minimum Gasteiger partial charge on any atom is -0.481 e. The SMILES string of the molecule is CNC(=O)NC1C(=O)N2CC(CSC3=NCCS3)(C(=O)O)CS[C@H]12. The summed E-state index contributed by atoms with van der Waals surface area (Å²) in [5.74, 6) is 0.634. The quantitative estimate of drug-likeness (QED) is 0.584. The van der Waals surface area contributed by atoms with Gasteiger partial charge in [-0.15, -0.1) is 11.8 Å². The van der Waals surface area contributed by atoms with E-state index in [2.05, 4.69) is 15.6 Å². The van der Waals surface area contributed by atoms with E-state index in [1.165, 1.54) is 30.6 Å². The molecular weight excluding hydrogens is 372 g/mol. The van der Waals surface area contributed by atoms with Gasteiger partial charge in [0.2, 0.25) is 5.91 Å². The lowest BCUT2D eigenvalue weighted by Crippen LogP contribution is -2.74. The van der Waals surface area contributed by atoms with E-state index in [4.69, 9.17) is 0 Å². The number of aliphatic imine (C=N–C) groups is 1. The summed E-state index contributed by atoms with van der Waals surface area (Å²) in [5, 5.41) is 14.6. The number of aliphatic carboxylic acids is 1. The number of thioether (sulfide) groups is 3. The first-order valence-corrected chi connectivity index (χ1v) is 10.4. The summed E-state index contributed by atoms with van der Waals surface area (Å²) in [5.41, 5.74) is -0.981. The third-order valence-electron chi connectivity index (χ3n) is 4.14. The van der Waals surface area contributed by atoms with Crippen LogP contribution in [-0.4, -0.2) is 81.1 Å². The highest BCUT2D eigenvalue weighted by atomic mass is 32.2. The Hall–Kier alpha value is -1.07. The van der Waals surface area contributed by atoms with Crippen LogP contribution in [0.2, 0.25) is 0 Å². The average molecular weight is 391 g/mol. The van der Waals surface area contributed by atoms with Crippen LogP contribution in [0.25, 0.3) is 0 Å². The van der Waals surface area contributed by atoms with E-state index >= 15 is 0 Å². The second-order valence-corrected chi connectivity index (χ2v) is 9.15. The fourth-order valence-corrected chi connectivity index (χ4v) is 6.59. The second kappa shape index (κ2) is 7.04. The number of urea groups is 1. The first-order valence-electron chi connectivity index (χ1n) is 7.41. The zero-order valence-corrected chi connectivity index (χ0v) is 15.4. The van der Waals surface area contributed by atoms with Gasteiger partial charge in [0.1, 0.15) is 21.2 Å². The zero-order valence-electron chi connectivity index (χ0n) is 13.0. The summed E-state index contributed by atoms with van der Waals surface area (Å²) < 4.78 is 0.928. The molecule has 0 spiro atoms. The third-order valence-corrected chi connectivity index (χ3v) is 8.27. The van der Waals surface area contributed by atoms with Crippen LogP contribution in [0.15, 0.2) is 4.99 Å². The molecule has 24 heavy (non-hydrogen) atoms. The number of hydrogen-bond donors (Lipinski definition) is 3. The van der Waals surface area contributed by atoms with Crippen LogP contribution in [0.5, 0.6) is 0 Å². The maximum absolute atomic E-state index is 12.3. The summed E-state index contributed by atoms with van der Waals surface area (Å²) in [4.78, 5) is 41.4. The maximum Gasteiger partial charge on any atom is 0.315 e. The molecule has 2 saturated heterocycles. The van der Waals surface area contributed by atoms with Crippen molar-refractivity contribution in [2.75, 3.05) is 37.4 Å². The molecule has 0 aromatic rings. The number of carbonyl (C=O) groups is 3. The van der Waals surface area contributed by atoms with Crippen LogP contribution in [0.1, 0.15) is 0 Å². The number of nitrogens with one attached hydrogen (secondary N) is 2. The van der Waals surface area contributed by atoms with E-state index in [9.17, 15) is 19.5 Å². The number of nitrogens with zero attached hydrogens (tertiary/aromatic N) is 2. The highest BCUT2D eigenvalue weighted by Gasteiger charge is 2.57. The molecule has 0 radical (unpaired) electrons. The Bertz CT molecular complexity index is 602. The van der Waals surface area contributed by atoms with Crippen LogP contribution in [0, 0.1) is 5.41 Å². The minimum atomic E-state index is -0.981. The van der Waals surface area contributed by atoms with E-state index in [0.717, 1.165) is 16.7 Å². The molecule has 3 amide bonds. The number of hydrogen-bond acceptors (Lipinski definition) is 7. The highest BCUT2D eigenvalue weighted by Crippen LogP contribution is 2.44. The molecule has 3 rings (SSSR count). The molecule has 2 unspecified atom stereocenters. The van der Waals surface area contributed by atoms with Crippen molar-refractivity contribution in [3.8, 4) is 0 Å². The number of carboxylic acid groups (broad SMARTS) is 1. The highest BCUT2D eigenvalue weighted by molar-refractivity contribution is 8.39. The molecule has 8 nitrogen and oxygen atoms in total. The molecule has 3 heterocycles. The molecule has 3 N–H and O–H groups in total. The summed E-state index contributed by atoms with van der Waals surface area (Å²) in [6.45, 7) is 0.955. The predicted molar refractivity (Wildman–Crippen MR) is 96.6 cm³/mol. The van der Waals surface area contributed by atoms with Crippen molar-refractivity contribution < 1.29 is 19.5 Å². The lowest BCUT2D eigenvalue weighted by Gasteiger charge is -2.53. The average Bonchev–Trinajstić information content (AvgIpc) is 3.10. The molecule has 0 aliphatic carbocycles. The molecule has 11 heteroatoms. The Morgan fingerprint density at radius 3 is 2.96 bits per heavy atom. The number of rotatable bonds is 4. The zero-order chi connectivity index (χ0) is 17.3. The first-order chi connectivity index (χ1) is 11.5. The van der Waals surface area contributed by atoms with Crippen LogP contribution in [-0.2, 0) is 9.59 Å². The molecular formula is C13H18N4O4S3. The van der Waals surface area contributed by atoms with Gasteiger partial charge in [-0.3, -0.25) is 14.6 Å². The number of carboxylic acids is 1. The van der Waals surface area contributed by atoms with E-state index in [1.54, 1.807) is 16.7 Å². The molecule has 0 aromatic heterocycles. The van der Waals surface area contributed by atoms with Gasteiger partial charge in [0.05, 0.1) is 6.54 Å². The Labute approximate surface area is 152 Å². The molecule has 0 aromatic carbocycles. The van der Waals surface area contributed by atoms with Gasteiger partial charge in [-0.1, -0.05) is 23.5 Å². The van der Waals surface area contributed by atoms with Gasteiger partial charge in [-0.05, 0) is 0 Å². The van der Waals surface area contributed by atoms with Gasteiger partial charge in [-0.2, -0.15) is 0 Å². The maximum atomic E-state index is 12.3. The fourth-order valence-electron chi connectivity index (χ4n) is 2.72. The first kappa shape index (κ1) is 17.7. The molecule has 0 saturated carbocycles. The lowest BCUT2D eigenvalue weighted by atomic mass is 9.89. The van der Waals surface area contributed by atoms with E-state index in [1.807, 2.05) is 0 Å². The topological polar surface area (TPSA) is 111 Å². The number of amides is 3. The van der Waals surface area contributed by atoms with Crippen molar-refractivity contribution in [3.63, 3.8) is 0 Å². The van der Waals surface area contributed by atoms with Crippen LogP contribution in [0.3, 0.4) is 0 Å². The van der Waals surface area contributed by atoms with Crippen molar-refractivity contribution in [2.45, 2.75) is 11.4 Å². The molecule has 132 valence electrons. The molecule has 2 fully saturated rings. The number of β-lactam (4-membered cyclic amide) rings is 1. The van der Waals surface area contributed by atoms with Gasteiger partial charge < -0.3 is 20.6 Å². The van der Waals surface area contributed by atoms with Gasteiger partial charge in [0.15, 0.2) is 0 Å². The van der Waals surface area contributed by atoms with Gasteiger partial charge >= 0.3 is 12.0 Å². The van der Waals surface area contributed by atoms with Gasteiger partial charge in [0.25, 0.3) is 0 Å². The largest absolute Gasteiger partial charge is 0.481 e. The smallest absolute Gasteiger partial charge is 0.315 e. The van der Waals surface area contributed by atoms with Crippen molar-refractivity contribution >= 4 is 57.6 Å². The molecule has 3 atom stereocenters. The minimum absolute atomic E-state index is 0.176. The summed E-state index contributed by atoms with van der Waals surface area (Å²) in [6, 6.07) is -0.986. The van der Waals surface area contributed by atoms with E-state index < -0.39 is 23.5 Å². The van der Waals surface area contributed by atoms with Crippen molar-refractivity contribution in [1.82, 2.24) is 15.5 Å². The second-order valence-electron chi connectivity index (χ2n) is 5.74. The monoisotopic (exact) mass is 390 g/mol. The Morgan fingerprint density at radius 2 is 2.33 bits per heavy atom. The fraction of sp³-hybridized carbons (Fsp3) is 0.692. The number of fused-ring (bicyclic) bond motifs is 1. The van der Waals surface area contributed by atoms with Crippen molar-refractivity contribution in [1.29, 1.82) is 0 Å². The summed E-state index contributed by atoms with van der Waals surface area (Å²) >= 11 is 4.52. The normalized spacial score (nSPS) is 31.8. The van der Waals surface area contributed by atoms with Gasteiger partial charge in [0, 0.05) is 30.9 Å². The van der Waals surface area contributed by atoms with E-state index in [0.29, 0.717) is 11.5 Å². The van der Waals surface area contributed by atoms with Crippen molar-refractivity contribution in [2.24, 2.45) is 10.4 Å². The molecule has 3 aliphatic heterocycles. The number of carbonyl (C=O) groups excluding carboxylic acids is 2. The van der Waals surface area contributed by atoms with Crippen LogP contribution < -0.4 is 10.6 Å². The predicted octanol–water partition coefficient (Wildman–Crippen LogP) is 0.106. The van der Waals surface area contributed by atoms with E-state index in [-0.39, 0.29) is 17.8 Å². The van der Waals surface area contributed by atoms with Crippen molar-refractivity contribution in [3.05, 3.63) is 0 Å². The Kier molecular flexibility index (Phi) is 5.21. The molecule has 0 bridgehead atoms. The molecule has 3 aliphatic rings. The third kappa shape index (κ3) is 3.21. The Morgan fingerprint density at radius 1 is 1.54 bits per heavy atom. The summed E-state index contributed by atoms with van der Waals surface area (Å²) in [7, 11) is 1.49. The van der Waals surface area contributed by atoms with Gasteiger partial charge in [-0.25, -0.2) is 4.79 Å². The standard InChI is InChI=1S/C13H18N4O4S3/c1-14-11(21)16-7-8(18)17-4-13(10(19)20,5-23-9(7)17)6-24-12-15-2-3-22-12/h7,9H,2-6H2,1H3,(H,19,20)(H2,14,16,21)/t7?,9-,13?/m1/s1. The summed E-state index contributed by atoms with van der Waals surface area (Å²) in [6.07, 6.45) is 0. The lowest BCUT2D eigenvalue weighted by molar-refractivity contribution is -0.155. The van der Waals surface area contributed by atoms with Crippen LogP contribution >= 0.6 is 35.3 Å². The van der Waals surface area contributed by atoms with Crippen LogP contribution in [0.4, 0.5) is 4.79 Å². The Balaban J connectivity index is 1.64.